The zero-order valence-corrected chi connectivity index (χ0v) is 20.3. The Morgan fingerprint density at radius 3 is 2.34 bits per heavy atom. The first kappa shape index (κ1) is 25.3. The summed E-state index contributed by atoms with van der Waals surface area (Å²) in [6.07, 6.45) is 0.717. The number of nitrogens with zero attached hydrogens (tertiary/aromatic N) is 3. The SMILES string of the molecule is CCn1nc(C)c(C)c1/C(OC(C)OC(=O)CF)=C(\C=NC)c1ccc(C(C)(C)C)cc1. The first-order chi connectivity index (χ1) is 15.0. The lowest BCUT2D eigenvalue weighted by molar-refractivity contribution is -0.165. The highest BCUT2D eigenvalue weighted by Gasteiger charge is 2.24. The highest BCUT2D eigenvalue weighted by molar-refractivity contribution is 6.18. The van der Waals surface area contributed by atoms with Gasteiger partial charge in [0.25, 0.3) is 0 Å². The second kappa shape index (κ2) is 10.6. The number of ether oxygens (including phenoxy) is 2. The molecule has 0 fully saturated rings. The maximum Gasteiger partial charge on any atom is 0.340 e. The van der Waals surface area contributed by atoms with Crippen LogP contribution < -0.4 is 0 Å². The van der Waals surface area contributed by atoms with Crippen molar-refractivity contribution in [3.63, 3.8) is 0 Å². The minimum absolute atomic E-state index is 0.0181. The summed E-state index contributed by atoms with van der Waals surface area (Å²) in [4.78, 5) is 15.7. The fourth-order valence-electron chi connectivity index (χ4n) is 3.38. The van der Waals surface area contributed by atoms with E-state index in [4.69, 9.17) is 9.47 Å². The molecule has 0 bridgehead atoms. The lowest BCUT2D eigenvalue weighted by Gasteiger charge is -2.22. The molecule has 0 amide bonds. The predicted octanol–water partition coefficient (Wildman–Crippen LogP) is 5.26. The van der Waals surface area contributed by atoms with Gasteiger partial charge in [-0.25, -0.2) is 9.18 Å². The number of aryl methyl sites for hydroxylation is 2. The van der Waals surface area contributed by atoms with Gasteiger partial charge >= 0.3 is 5.97 Å². The van der Waals surface area contributed by atoms with E-state index in [0.717, 1.165) is 22.5 Å². The highest BCUT2D eigenvalue weighted by Crippen LogP contribution is 2.32. The number of aliphatic imine (C=N–C) groups is 1. The number of allylic oxidation sites excluding steroid dienone is 1. The van der Waals surface area contributed by atoms with Gasteiger partial charge in [-0.3, -0.25) is 9.67 Å². The third-order valence-corrected chi connectivity index (χ3v) is 5.20. The third-order valence-electron chi connectivity index (χ3n) is 5.20. The molecule has 0 aliphatic heterocycles. The highest BCUT2D eigenvalue weighted by atomic mass is 19.1. The molecule has 6 nitrogen and oxygen atoms in total. The molecule has 0 aliphatic carbocycles. The maximum absolute atomic E-state index is 12.7. The Kier molecular flexibility index (Phi) is 8.36. The van der Waals surface area contributed by atoms with Crippen LogP contribution in [0.4, 0.5) is 4.39 Å². The van der Waals surface area contributed by atoms with E-state index in [-0.39, 0.29) is 5.41 Å². The normalized spacial score (nSPS) is 13.8. The molecule has 2 rings (SSSR count). The first-order valence-corrected chi connectivity index (χ1v) is 10.8. The van der Waals surface area contributed by atoms with Gasteiger partial charge in [0.15, 0.2) is 12.4 Å². The molecular formula is C25H34FN3O3. The molecule has 1 aromatic carbocycles. The molecule has 0 radical (unpaired) electrons. The van der Waals surface area contributed by atoms with Crippen LogP contribution in [-0.4, -0.2) is 42.0 Å². The number of aromatic nitrogens is 2. The summed E-state index contributed by atoms with van der Waals surface area (Å²) in [5, 5.41) is 4.61. The molecule has 0 saturated heterocycles. The molecule has 1 unspecified atom stereocenters. The van der Waals surface area contributed by atoms with Crippen LogP contribution in [0, 0.1) is 13.8 Å². The van der Waals surface area contributed by atoms with E-state index in [2.05, 4.69) is 43.0 Å². The van der Waals surface area contributed by atoms with Crippen molar-refractivity contribution in [3.8, 4) is 0 Å². The summed E-state index contributed by atoms with van der Waals surface area (Å²) in [7, 11) is 1.68. The average Bonchev–Trinajstić information content (AvgIpc) is 3.03. The van der Waals surface area contributed by atoms with Crippen LogP contribution in [0.1, 0.15) is 62.7 Å². The summed E-state index contributed by atoms with van der Waals surface area (Å²) < 4.78 is 25.7. The number of rotatable bonds is 8. The topological polar surface area (TPSA) is 65.7 Å². The maximum atomic E-state index is 12.7. The van der Waals surface area contributed by atoms with Crippen molar-refractivity contribution >= 4 is 23.5 Å². The second-order valence-electron chi connectivity index (χ2n) is 8.64. The van der Waals surface area contributed by atoms with Crippen molar-refractivity contribution < 1.29 is 18.7 Å². The van der Waals surface area contributed by atoms with Gasteiger partial charge in [0.2, 0.25) is 6.29 Å². The molecule has 32 heavy (non-hydrogen) atoms. The Labute approximate surface area is 190 Å². The van der Waals surface area contributed by atoms with Crippen LogP contribution in [0.2, 0.25) is 0 Å². The number of benzene rings is 1. The van der Waals surface area contributed by atoms with Crippen LogP contribution in [-0.2, 0) is 26.2 Å². The molecule has 7 heteroatoms. The minimum atomic E-state index is -1.21. The lowest BCUT2D eigenvalue weighted by atomic mass is 9.86. The number of hydrogen-bond acceptors (Lipinski definition) is 5. The average molecular weight is 444 g/mol. The van der Waals surface area contributed by atoms with Gasteiger partial charge in [-0.15, -0.1) is 0 Å². The van der Waals surface area contributed by atoms with Crippen LogP contribution in [0.5, 0.6) is 0 Å². The summed E-state index contributed by atoms with van der Waals surface area (Å²) in [5.41, 5.74) is 5.41. The van der Waals surface area contributed by atoms with E-state index in [1.807, 2.05) is 37.6 Å². The van der Waals surface area contributed by atoms with E-state index < -0.39 is 18.9 Å². The second-order valence-corrected chi connectivity index (χ2v) is 8.64. The van der Waals surface area contributed by atoms with Gasteiger partial charge in [0.05, 0.1) is 5.69 Å². The summed E-state index contributed by atoms with van der Waals surface area (Å²) in [5.74, 6) is -0.507. The molecule has 1 aromatic heterocycles. The molecule has 0 spiro atoms. The van der Waals surface area contributed by atoms with Crippen molar-refractivity contribution in [1.29, 1.82) is 0 Å². The Morgan fingerprint density at radius 1 is 1.22 bits per heavy atom. The van der Waals surface area contributed by atoms with Crippen LogP contribution in [0.3, 0.4) is 0 Å². The molecule has 0 aliphatic rings. The fourth-order valence-corrected chi connectivity index (χ4v) is 3.38. The van der Waals surface area contributed by atoms with E-state index in [1.54, 1.807) is 20.2 Å². The van der Waals surface area contributed by atoms with Crippen LogP contribution in [0.25, 0.3) is 11.3 Å². The minimum Gasteiger partial charge on any atom is -0.452 e. The molecule has 2 aromatic rings. The van der Waals surface area contributed by atoms with E-state index in [9.17, 15) is 9.18 Å². The molecule has 0 saturated carbocycles. The number of alkyl halides is 1. The van der Waals surface area contributed by atoms with E-state index in [0.29, 0.717) is 17.9 Å². The quantitative estimate of drug-likeness (QED) is 0.242. The number of halogens is 1. The van der Waals surface area contributed by atoms with Gasteiger partial charge in [-0.2, -0.15) is 5.10 Å². The van der Waals surface area contributed by atoms with Crippen molar-refractivity contribution in [1.82, 2.24) is 9.78 Å². The standard InChI is InChI=1S/C25H34FN3O3/c1-9-29-23(16(2)17(3)28-29)24(32-18(4)31-22(30)14-26)21(15-27-8)19-10-12-20(13-11-19)25(5,6)7/h10-13,15,18H,9,14H2,1-8H3/b24-21-,27-15?. The summed E-state index contributed by atoms with van der Waals surface area (Å²) in [6.45, 7) is 13.3. The van der Waals surface area contributed by atoms with Gasteiger partial charge in [-0.05, 0) is 37.3 Å². The Hall–Kier alpha value is -2.96. The number of esters is 1. The van der Waals surface area contributed by atoms with Crippen LogP contribution in [0.15, 0.2) is 29.3 Å². The first-order valence-electron chi connectivity index (χ1n) is 10.8. The Morgan fingerprint density at radius 2 is 1.84 bits per heavy atom. The number of hydrogen-bond donors (Lipinski definition) is 0. The lowest BCUT2D eigenvalue weighted by Crippen LogP contribution is -2.20. The van der Waals surface area contributed by atoms with Crippen molar-refractivity contribution in [3.05, 3.63) is 52.3 Å². The Bertz CT molecular complexity index is 999. The van der Waals surface area contributed by atoms with Gasteiger partial charge in [-0.1, -0.05) is 45.0 Å². The third kappa shape index (κ3) is 5.84. The Balaban J connectivity index is 2.73. The number of carbonyl (C=O) groups is 1. The largest absolute Gasteiger partial charge is 0.452 e. The fraction of sp³-hybridized carbons (Fsp3) is 0.480. The molecular weight excluding hydrogens is 409 g/mol. The van der Waals surface area contributed by atoms with Gasteiger partial charge < -0.3 is 9.47 Å². The van der Waals surface area contributed by atoms with Gasteiger partial charge in [0, 0.05) is 37.9 Å². The van der Waals surface area contributed by atoms with Crippen molar-refractivity contribution in [2.24, 2.45) is 4.99 Å². The number of carbonyl (C=O) groups excluding carboxylic acids is 1. The molecule has 1 heterocycles. The molecule has 0 N–H and O–H groups in total. The predicted molar refractivity (Wildman–Crippen MR) is 126 cm³/mol. The zero-order valence-electron chi connectivity index (χ0n) is 20.3. The van der Waals surface area contributed by atoms with Crippen LogP contribution >= 0.6 is 0 Å². The summed E-state index contributed by atoms with van der Waals surface area (Å²) in [6, 6.07) is 8.21. The smallest absolute Gasteiger partial charge is 0.340 e. The van der Waals surface area contributed by atoms with Gasteiger partial charge in [0.1, 0.15) is 5.69 Å². The monoisotopic (exact) mass is 443 g/mol. The summed E-state index contributed by atoms with van der Waals surface area (Å²) >= 11 is 0. The van der Waals surface area contributed by atoms with E-state index >= 15 is 0 Å². The zero-order chi connectivity index (χ0) is 24.1. The van der Waals surface area contributed by atoms with Crippen molar-refractivity contribution in [2.75, 3.05) is 13.7 Å². The van der Waals surface area contributed by atoms with E-state index in [1.165, 1.54) is 5.56 Å². The molecule has 1 atom stereocenters. The molecule has 174 valence electrons. The van der Waals surface area contributed by atoms with Crippen molar-refractivity contribution in [2.45, 2.75) is 66.7 Å².